The van der Waals surface area contributed by atoms with Crippen LogP contribution in [-0.4, -0.2) is 16.2 Å². The molecule has 5 heteroatoms. The van der Waals surface area contributed by atoms with E-state index in [1.807, 2.05) is 37.3 Å². The minimum absolute atomic E-state index is 0.633. The molecule has 0 unspecified atom stereocenters. The quantitative estimate of drug-likeness (QED) is 0.514. The van der Waals surface area contributed by atoms with Gasteiger partial charge in [0, 0.05) is 3.57 Å². The Balaban J connectivity index is 2.33. The number of nitrogens with one attached hydrogen (secondary N) is 1. The van der Waals surface area contributed by atoms with Crippen molar-refractivity contribution in [2.24, 2.45) is 0 Å². The summed E-state index contributed by atoms with van der Waals surface area (Å²) in [5.74, 6) is 0.834. The lowest BCUT2D eigenvalue weighted by Crippen LogP contribution is -1.97. The number of fused-ring (bicyclic) bond motifs is 1. The molecule has 0 atom stereocenters. The van der Waals surface area contributed by atoms with Crippen molar-refractivity contribution in [3.05, 3.63) is 50.8 Å². The number of imidazole rings is 1. The molecule has 2 aromatic carbocycles. The molecule has 0 aliphatic rings. The number of halogens is 1. The number of benzene rings is 2. The van der Waals surface area contributed by atoms with Gasteiger partial charge in [0.1, 0.15) is 11.3 Å². The first-order chi connectivity index (χ1) is 9.72. The van der Waals surface area contributed by atoms with Gasteiger partial charge in [-0.1, -0.05) is 18.2 Å². The normalized spacial score (nSPS) is 10.9. The predicted octanol–water partition coefficient (Wildman–Crippen LogP) is 4.69. The van der Waals surface area contributed by atoms with E-state index in [-0.39, 0.29) is 0 Å². The number of aromatic amines is 1. The molecule has 0 bridgehead atoms. The van der Waals surface area contributed by atoms with E-state index < -0.39 is 0 Å². The van der Waals surface area contributed by atoms with Gasteiger partial charge < -0.3 is 9.72 Å². The van der Waals surface area contributed by atoms with E-state index in [1.165, 1.54) is 0 Å². The number of H-pyrrole nitrogens is 1. The van der Waals surface area contributed by atoms with Gasteiger partial charge in [-0.15, -0.1) is 0 Å². The van der Waals surface area contributed by atoms with Crippen LogP contribution in [0.5, 0.6) is 5.75 Å². The van der Waals surface area contributed by atoms with Gasteiger partial charge in [-0.25, -0.2) is 0 Å². The van der Waals surface area contributed by atoms with Crippen molar-refractivity contribution in [3.8, 4) is 11.4 Å². The molecule has 0 aliphatic carbocycles. The topological polar surface area (TPSA) is 29.9 Å². The van der Waals surface area contributed by atoms with E-state index in [0.29, 0.717) is 11.4 Å². The summed E-state index contributed by atoms with van der Waals surface area (Å²) in [6.45, 7) is 2.61. The number of para-hydroxylation sites is 2. The molecule has 0 saturated heterocycles. The summed E-state index contributed by atoms with van der Waals surface area (Å²) < 4.78 is 9.54. The Morgan fingerprint density at radius 2 is 2.00 bits per heavy atom. The Morgan fingerprint density at radius 3 is 2.75 bits per heavy atom. The average molecular weight is 396 g/mol. The Kier molecular flexibility index (Phi) is 3.80. The highest BCUT2D eigenvalue weighted by atomic mass is 127. The van der Waals surface area contributed by atoms with Gasteiger partial charge in [0.05, 0.1) is 17.8 Å². The number of ether oxygens (including phenoxy) is 1. The molecular weight excluding hydrogens is 383 g/mol. The molecule has 1 aromatic heterocycles. The first kappa shape index (κ1) is 13.6. The van der Waals surface area contributed by atoms with E-state index in [9.17, 15) is 0 Å². The lowest BCUT2D eigenvalue weighted by molar-refractivity contribution is 0.343. The lowest BCUT2D eigenvalue weighted by atomic mass is 10.2. The zero-order chi connectivity index (χ0) is 14.1. The Morgan fingerprint density at radius 1 is 1.20 bits per heavy atom. The second-order valence-corrected chi connectivity index (χ2v) is 5.85. The zero-order valence-electron chi connectivity index (χ0n) is 10.9. The fraction of sp³-hybridized carbons (Fsp3) is 0.133. The third-order valence-electron chi connectivity index (χ3n) is 3.07. The Bertz CT molecular complexity index is 822. The van der Waals surface area contributed by atoms with Crippen LogP contribution < -0.4 is 4.74 Å². The first-order valence-electron chi connectivity index (χ1n) is 6.34. The molecule has 3 rings (SSSR count). The maximum absolute atomic E-state index is 5.66. The molecule has 0 aliphatic heterocycles. The molecule has 0 radical (unpaired) electrons. The number of hydrogen-bond donors (Lipinski definition) is 1. The third-order valence-corrected chi connectivity index (χ3v) is 4.27. The molecule has 0 amide bonds. The molecule has 3 nitrogen and oxygen atoms in total. The van der Waals surface area contributed by atoms with E-state index in [4.69, 9.17) is 17.0 Å². The van der Waals surface area contributed by atoms with Crippen molar-refractivity contribution in [2.75, 3.05) is 6.61 Å². The molecular formula is C15H13IN2OS. The van der Waals surface area contributed by atoms with Crippen molar-refractivity contribution < 1.29 is 4.74 Å². The summed E-state index contributed by atoms with van der Waals surface area (Å²) in [4.78, 5) is 3.26. The van der Waals surface area contributed by atoms with Gasteiger partial charge in [-0.3, -0.25) is 4.57 Å². The van der Waals surface area contributed by atoms with E-state index >= 15 is 0 Å². The van der Waals surface area contributed by atoms with Gasteiger partial charge in [-0.2, -0.15) is 0 Å². The molecule has 1 heterocycles. The van der Waals surface area contributed by atoms with Crippen LogP contribution in [-0.2, 0) is 0 Å². The fourth-order valence-corrected chi connectivity index (χ4v) is 3.18. The van der Waals surface area contributed by atoms with Crippen LogP contribution in [0.4, 0.5) is 0 Å². The van der Waals surface area contributed by atoms with E-state index in [2.05, 4.69) is 44.3 Å². The van der Waals surface area contributed by atoms with Gasteiger partial charge in [-0.05, 0) is 66.0 Å². The van der Waals surface area contributed by atoms with Crippen LogP contribution in [0.1, 0.15) is 6.92 Å². The highest BCUT2D eigenvalue weighted by Gasteiger charge is 2.12. The minimum Gasteiger partial charge on any atom is -0.492 e. The van der Waals surface area contributed by atoms with Gasteiger partial charge in [0.15, 0.2) is 4.77 Å². The second-order valence-electron chi connectivity index (χ2n) is 4.30. The van der Waals surface area contributed by atoms with Crippen molar-refractivity contribution in [1.82, 2.24) is 9.55 Å². The van der Waals surface area contributed by atoms with E-state index in [0.717, 1.165) is 26.0 Å². The standard InChI is InChI=1S/C15H13IN2OS/c1-2-19-13-9-5-8-12-14(13)17-15(20)18(12)11-7-4-3-6-10(11)16/h3-9H,2H2,1H3,(H,17,20). The molecule has 1 N–H and O–H groups in total. The van der Waals surface area contributed by atoms with Crippen LogP contribution in [0.3, 0.4) is 0 Å². The smallest absolute Gasteiger partial charge is 0.182 e. The summed E-state index contributed by atoms with van der Waals surface area (Å²) in [7, 11) is 0. The van der Waals surface area contributed by atoms with Crippen molar-refractivity contribution in [2.45, 2.75) is 6.92 Å². The SMILES string of the molecule is CCOc1cccc2c1[nH]c(=S)n2-c1ccccc1I. The van der Waals surface area contributed by atoms with Crippen LogP contribution in [0.2, 0.25) is 0 Å². The summed E-state index contributed by atoms with van der Waals surface area (Å²) in [5, 5.41) is 0. The van der Waals surface area contributed by atoms with Crippen LogP contribution >= 0.6 is 34.8 Å². The molecule has 0 fully saturated rings. The summed E-state index contributed by atoms with van der Waals surface area (Å²) in [5.41, 5.74) is 3.06. The van der Waals surface area contributed by atoms with Crippen LogP contribution in [0.15, 0.2) is 42.5 Å². The third kappa shape index (κ3) is 2.25. The summed E-state index contributed by atoms with van der Waals surface area (Å²) in [6, 6.07) is 14.2. The minimum atomic E-state index is 0.633. The predicted molar refractivity (Wildman–Crippen MR) is 92.3 cm³/mol. The number of hydrogen-bond acceptors (Lipinski definition) is 2. The monoisotopic (exact) mass is 396 g/mol. The van der Waals surface area contributed by atoms with Gasteiger partial charge >= 0.3 is 0 Å². The Hall–Kier alpha value is -1.34. The zero-order valence-corrected chi connectivity index (χ0v) is 13.9. The van der Waals surface area contributed by atoms with Gasteiger partial charge in [0.25, 0.3) is 0 Å². The lowest BCUT2D eigenvalue weighted by Gasteiger charge is -2.08. The van der Waals surface area contributed by atoms with Crippen LogP contribution in [0, 0.1) is 8.34 Å². The highest BCUT2D eigenvalue weighted by molar-refractivity contribution is 14.1. The van der Waals surface area contributed by atoms with Crippen molar-refractivity contribution in [3.63, 3.8) is 0 Å². The van der Waals surface area contributed by atoms with E-state index in [1.54, 1.807) is 0 Å². The molecule has 0 saturated carbocycles. The highest BCUT2D eigenvalue weighted by Crippen LogP contribution is 2.28. The van der Waals surface area contributed by atoms with Crippen molar-refractivity contribution >= 4 is 45.8 Å². The number of aromatic nitrogens is 2. The summed E-state index contributed by atoms with van der Waals surface area (Å²) in [6.07, 6.45) is 0. The Labute approximate surface area is 135 Å². The number of rotatable bonds is 3. The number of nitrogens with zero attached hydrogens (tertiary/aromatic N) is 1. The molecule has 102 valence electrons. The van der Waals surface area contributed by atoms with Crippen molar-refractivity contribution in [1.29, 1.82) is 0 Å². The maximum Gasteiger partial charge on any atom is 0.182 e. The largest absolute Gasteiger partial charge is 0.492 e. The fourth-order valence-electron chi connectivity index (χ4n) is 2.25. The average Bonchev–Trinajstić information content (AvgIpc) is 2.77. The molecule has 0 spiro atoms. The maximum atomic E-state index is 5.66. The summed E-state index contributed by atoms with van der Waals surface area (Å²) >= 11 is 7.81. The van der Waals surface area contributed by atoms with Crippen LogP contribution in [0.25, 0.3) is 16.7 Å². The molecule has 20 heavy (non-hydrogen) atoms. The first-order valence-corrected chi connectivity index (χ1v) is 7.82. The second kappa shape index (κ2) is 5.57. The van der Waals surface area contributed by atoms with Gasteiger partial charge in [0.2, 0.25) is 0 Å². The molecule has 3 aromatic rings.